The van der Waals surface area contributed by atoms with Crippen molar-refractivity contribution in [2.75, 3.05) is 26.4 Å². The quantitative estimate of drug-likeness (QED) is 0.0435. The number of nitrogens with zero attached hydrogens (tertiary/aromatic N) is 2. The highest BCUT2D eigenvalue weighted by atomic mass is 16.6. The van der Waals surface area contributed by atoms with Crippen molar-refractivity contribution in [2.45, 2.75) is 192 Å². The van der Waals surface area contributed by atoms with Gasteiger partial charge < -0.3 is 61.5 Å². The van der Waals surface area contributed by atoms with E-state index in [9.17, 15) is 54.0 Å². The Hall–Kier alpha value is -5.37. The van der Waals surface area contributed by atoms with E-state index >= 15 is 0 Å². The number of aliphatic hydroxyl groups excluding tert-OH is 3. The zero-order chi connectivity index (χ0) is 52.3. The molecule has 0 spiro atoms. The summed E-state index contributed by atoms with van der Waals surface area (Å²) in [5.74, 6) is -5.35. The summed E-state index contributed by atoms with van der Waals surface area (Å²) < 4.78 is 5.34. The number of benzene rings is 1. The minimum absolute atomic E-state index is 0.00132. The van der Waals surface area contributed by atoms with Crippen molar-refractivity contribution < 1.29 is 58.7 Å². The molecule has 2 aliphatic heterocycles. The third-order valence-electron chi connectivity index (χ3n) is 12.9. The third-order valence-corrected chi connectivity index (χ3v) is 12.9. The molecule has 7 amide bonds. The van der Waals surface area contributed by atoms with Crippen molar-refractivity contribution in [3.8, 4) is 5.75 Å². The molecule has 2 saturated heterocycles. The van der Waals surface area contributed by atoms with Gasteiger partial charge in [-0.15, -0.1) is 0 Å². The standard InChI is InChI=1S/C52H83N7O12/c1-6-9-10-11-12-13-14-15-16-17-18-19-20-21-22-23-44(64)54-40-31-43(63)51(71-34-60)57-50(69)42-30-35(4)33-59(42)52(70)46(36(5)61)56-48(67)39(29-26-37-24-27-38(62)28-25-37)55-49(68)41(7-2)58(8-3)45(65)32-53-47(40)66/h12-13,15-16,24-25,27-28,35-36,39-43,46,51,60-63H,6-11,14,17-23,26,29-34H2,1-5H3,(H,53,66)(H,54,64)(H,55,68)(H,56,67)(H,57,69)/b13-12-,16-15-/t35-,36?,39?,40+,41?,42?,43-,46?,51?/m1/s1. The SMILES string of the molecule is CCCCC/C=C\C/C=C\CCCCCCCC(=O)N[C@H]1C[C@@H](O)C(OCO)NC(=O)C2C[C@@H](C)CN2C(=O)C(C(C)O)NC(=O)C(CCc2ccc(O)cc2)NC(=O)C(CC)N(CC)C(=O)CNC1=O. The Labute approximate surface area is 420 Å². The number of carbonyl (C=O) groups is 7. The van der Waals surface area contributed by atoms with Crippen molar-refractivity contribution in [2.24, 2.45) is 5.92 Å². The molecule has 0 saturated carbocycles. The average molecular weight is 998 g/mol. The number of likely N-dealkylation sites (N-methyl/N-ethyl adjacent to an activating group) is 1. The molecule has 71 heavy (non-hydrogen) atoms. The number of carbonyl (C=O) groups excluding carboxylic acids is 7. The van der Waals surface area contributed by atoms with E-state index in [0.717, 1.165) is 44.9 Å². The van der Waals surface area contributed by atoms with Gasteiger partial charge in [0.15, 0.2) is 6.23 Å². The number of phenolic OH excluding ortho intramolecular Hbond substituents is 1. The van der Waals surface area contributed by atoms with Gasteiger partial charge in [0.1, 0.15) is 48.9 Å². The number of aliphatic hydroxyl groups is 3. The molecule has 19 heteroatoms. The molecule has 398 valence electrons. The fraction of sp³-hybridized carbons (Fsp3) is 0.673. The zero-order valence-corrected chi connectivity index (χ0v) is 42.6. The molecule has 0 aliphatic carbocycles. The molecule has 3 rings (SSSR count). The van der Waals surface area contributed by atoms with Crippen LogP contribution in [0.15, 0.2) is 48.6 Å². The first-order chi connectivity index (χ1) is 34.0. The van der Waals surface area contributed by atoms with Gasteiger partial charge in [0, 0.05) is 25.9 Å². The molecule has 1 aromatic carbocycles. The summed E-state index contributed by atoms with van der Waals surface area (Å²) in [6, 6.07) is -0.412. The van der Waals surface area contributed by atoms with Crippen LogP contribution < -0.4 is 26.6 Å². The van der Waals surface area contributed by atoms with E-state index in [4.69, 9.17) is 4.74 Å². The number of amides is 7. The summed E-state index contributed by atoms with van der Waals surface area (Å²) in [7, 11) is 0. The molecular weight excluding hydrogens is 915 g/mol. The molecule has 0 bridgehead atoms. The van der Waals surface area contributed by atoms with Crippen molar-refractivity contribution in [3.63, 3.8) is 0 Å². The Morgan fingerprint density at radius 3 is 2.14 bits per heavy atom. The predicted octanol–water partition coefficient (Wildman–Crippen LogP) is 3.13. The smallest absolute Gasteiger partial charge is 0.248 e. The van der Waals surface area contributed by atoms with Crippen LogP contribution in [0.1, 0.15) is 143 Å². The molecule has 0 aromatic heterocycles. The highest BCUT2D eigenvalue weighted by Gasteiger charge is 2.44. The van der Waals surface area contributed by atoms with E-state index < -0.39 is 110 Å². The van der Waals surface area contributed by atoms with Gasteiger partial charge in [0.25, 0.3) is 0 Å². The second-order valence-corrected chi connectivity index (χ2v) is 18.8. The van der Waals surface area contributed by atoms with Gasteiger partial charge in [0.2, 0.25) is 41.4 Å². The molecule has 2 heterocycles. The van der Waals surface area contributed by atoms with Gasteiger partial charge in [0.05, 0.1) is 12.6 Å². The maximum absolute atomic E-state index is 14.3. The van der Waals surface area contributed by atoms with E-state index in [-0.39, 0.29) is 56.9 Å². The number of hydrogen-bond acceptors (Lipinski definition) is 12. The van der Waals surface area contributed by atoms with Gasteiger partial charge in [-0.2, -0.15) is 0 Å². The normalized spacial score (nSPS) is 25.1. The van der Waals surface area contributed by atoms with E-state index in [1.165, 1.54) is 48.1 Å². The van der Waals surface area contributed by atoms with Crippen molar-refractivity contribution >= 4 is 41.4 Å². The van der Waals surface area contributed by atoms with E-state index in [2.05, 4.69) is 57.8 Å². The predicted molar refractivity (Wildman–Crippen MR) is 268 cm³/mol. The fourth-order valence-electron chi connectivity index (χ4n) is 8.90. The lowest BCUT2D eigenvalue weighted by Crippen LogP contribution is -2.61. The molecule has 2 aliphatic rings. The summed E-state index contributed by atoms with van der Waals surface area (Å²) in [4.78, 5) is 100. The largest absolute Gasteiger partial charge is 0.508 e. The number of hydrogen-bond donors (Lipinski definition) is 9. The highest BCUT2D eigenvalue weighted by Crippen LogP contribution is 2.25. The van der Waals surface area contributed by atoms with Gasteiger partial charge in [-0.3, -0.25) is 33.6 Å². The number of unbranched alkanes of at least 4 members (excludes halogenated alkanes) is 8. The second kappa shape index (κ2) is 32.6. The molecule has 2 fully saturated rings. The zero-order valence-electron chi connectivity index (χ0n) is 42.6. The van der Waals surface area contributed by atoms with Crippen LogP contribution in [0.3, 0.4) is 0 Å². The van der Waals surface area contributed by atoms with Crippen molar-refractivity contribution in [3.05, 3.63) is 54.1 Å². The van der Waals surface area contributed by atoms with Crippen LogP contribution in [0.4, 0.5) is 0 Å². The Bertz CT molecular complexity index is 1900. The van der Waals surface area contributed by atoms with Crippen LogP contribution in [-0.4, -0.2) is 147 Å². The number of ether oxygens (including phenoxy) is 1. The summed E-state index contributed by atoms with van der Waals surface area (Å²) in [6.45, 7) is 7.08. The number of aromatic hydroxyl groups is 1. The monoisotopic (exact) mass is 998 g/mol. The number of phenols is 1. The Morgan fingerprint density at radius 1 is 0.845 bits per heavy atom. The first-order valence-electron chi connectivity index (χ1n) is 25.8. The molecule has 0 radical (unpaired) electrons. The summed E-state index contributed by atoms with van der Waals surface area (Å²) >= 11 is 0. The van der Waals surface area contributed by atoms with Crippen molar-refractivity contribution in [1.29, 1.82) is 0 Å². The molecule has 1 aromatic rings. The minimum atomic E-state index is -1.73. The van der Waals surface area contributed by atoms with Crippen LogP contribution in [0, 0.1) is 5.92 Å². The van der Waals surface area contributed by atoms with Gasteiger partial charge in [-0.1, -0.05) is 89.3 Å². The topological polar surface area (TPSA) is 276 Å². The maximum Gasteiger partial charge on any atom is 0.248 e. The van der Waals surface area contributed by atoms with Gasteiger partial charge in [-0.05, 0) is 102 Å². The number of aryl methyl sites for hydroxylation is 1. The van der Waals surface area contributed by atoms with Crippen LogP contribution in [0.25, 0.3) is 0 Å². The first-order valence-corrected chi connectivity index (χ1v) is 25.8. The third kappa shape index (κ3) is 20.7. The molecule has 6 unspecified atom stereocenters. The number of allylic oxidation sites excluding steroid dienone is 4. The average Bonchev–Trinajstić information content (AvgIpc) is 3.74. The maximum atomic E-state index is 14.3. The Balaban J connectivity index is 1.86. The van der Waals surface area contributed by atoms with Crippen LogP contribution in [-0.2, 0) is 44.7 Å². The van der Waals surface area contributed by atoms with Crippen LogP contribution in [0.2, 0.25) is 0 Å². The highest BCUT2D eigenvalue weighted by molar-refractivity contribution is 5.97. The van der Waals surface area contributed by atoms with E-state index in [0.29, 0.717) is 12.0 Å². The Kier molecular flexibility index (Phi) is 27.5. The van der Waals surface area contributed by atoms with Gasteiger partial charge in [-0.25, -0.2) is 0 Å². The summed E-state index contributed by atoms with van der Waals surface area (Å²) in [5, 5.41) is 55.1. The molecule has 9 atom stereocenters. The van der Waals surface area contributed by atoms with Gasteiger partial charge >= 0.3 is 0 Å². The molecule has 9 N–H and O–H groups in total. The molecular formula is C52H83N7O12. The summed E-state index contributed by atoms with van der Waals surface area (Å²) in [5.41, 5.74) is 0.716. The minimum Gasteiger partial charge on any atom is -0.508 e. The molecule has 19 nitrogen and oxygen atoms in total. The number of rotatable bonds is 23. The lowest BCUT2D eigenvalue weighted by Gasteiger charge is -2.33. The van der Waals surface area contributed by atoms with Crippen LogP contribution >= 0.6 is 0 Å². The Morgan fingerprint density at radius 2 is 1.51 bits per heavy atom. The lowest BCUT2D eigenvalue weighted by atomic mass is 10.0. The van der Waals surface area contributed by atoms with Crippen LogP contribution in [0.5, 0.6) is 5.75 Å². The number of fused-ring (bicyclic) bond motifs is 1. The lowest BCUT2D eigenvalue weighted by molar-refractivity contribution is -0.151. The van der Waals surface area contributed by atoms with E-state index in [1.54, 1.807) is 32.9 Å². The van der Waals surface area contributed by atoms with E-state index in [1.807, 2.05) is 0 Å². The second-order valence-electron chi connectivity index (χ2n) is 18.8. The number of nitrogens with one attached hydrogen (secondary N) is 5. The fourth-order valence-corrected chi connectivity index (χ4v) is 8.90. The summed E-state index contributed by atoms with van der Waals surface area (Å²) in [6.07, 6.45) is 14.9. The first kappa shape index (κ1) is 59.9. The van der Waals surface area contributed by atoms with Crippen molar-refractivity contribution in [1.82, 2.24) is 36.4 Å².